The third-order valence-corrected chi connectivity index (χ3v) is 5.83. The minimum absolute atomic E-state index is 0. The second kappa shape index (κ2) is 8.36. The molecule has 9 heteroatoms. The van der Waals surface area contributed by atoms with E-state index < -0.39 is 28.3 Å². The highest BCUT2D eigenvalue weighted by atomic mass is 32.2. The fourth-order valence-electron chi connectivity index (χ4n) is 3.04. The maximum Gasteiger partial charge on any atom is 0.269 e. The van der Waals surface area contributed by atoms with Crippen LogP contribution >= 0.6 is 0 Å². The quantitative estimate of drug-likeness (QED) is 0.621. The summed E-state index contributed by atoms with van der Waals surface area (Å²) >= 11 is 0. The minimum Gasteiger partial charge on any atom is -0.324 e. The molecule has 1 N–H and O–H groups in total. The Labute approximate surface area is 170 Å². The van der Waals surface area contributed by atoms with Gasteiger partial charge in [0.1, 0.15) is 5.65 Å². The van der Waals surface area contributed by atoms with Crippen molar-refractivity contribution in [1.82, 2.24) is 14.5 Å². The van der Waals surface area contributed by atoms with Crippen molar-refractivity contribution in [2.24, 2.45) is 0 Å². The Hall–Kier alpha value is -2.68. The van der Waals surface area contributed by atoms with Gasteiger partial charge in [-0.1, -0.05) is 6.92 Å². The number of pyridine rings is 1. The van der Waals surface area contributed by atoms with Gasteiger partial charge >= 0.3 is 0 Å². The molecule has 0 fully saturated rings. The molecule has 0 bridgehead atoms. The summed E-state index contributed by atoms with van der Waals surface area (Å²) in [6.45, 7) is 7.21. The zero-order valence-electron chi connectivity index (χ0n) is 16.6. The van der Waals surface area contributed by atoms with Gasteiger partial charge < -0.3 is 5.32 Å². The lowest BCUT2D eigenvalue weighted by Gasteiger charge is -2.16. The smallest absolute Gasteiger partial charge is 0.269 e. The second-order valence-corrected chi connectivity index (χ2v) is 8.62. The molecule has 0 aliphatic rings. The van der Waals surface area contributed by atoms with Crippen molar-refractivity contribution in [3.8, 4) is 0 Å². The van der Waals surface area contributed by atoms with E-state index in [9.17, 15) is 17.8 Å². The van der Waals surface area contributed by atoms with Crippen LogP contribution < -0.4 is 10.9 Å². The average molecular weight is 423 g/mol. The SMILES string of the molecule is CCS(=O)c1ccc(Nc2ncc3cc(C(F)F)c(=O)n(C(C)C)c3n2)c(C)c1.[HH]. The van der Waals surface area contributed by atoms with E-state index in [1.54, 1.807) is 26.0 Å². The summed E-state index contributed by atoms with van der Waals surface area (Å²) in [5.41, 5.74) is 0.556. The average Bonchev–Trinajstić information content (AvgIpc) is 2.67. The van der Waals surface area contributed by atoms with E-state index in [1.165, 1.54) is 10.8 Å². The van der Waals surface area contributed by atoms with Gasteiger partial charge in [0, 0.05) is 35.4 Å². The Balaban J connectivity index is 0.00000320. The number of aryl methyl sites for hydroxylation is 1. The van der Waals surface area contributed by atoms with Gasteiger partial charge in [-0.25, -0.2) is 13.8 Å². The molecule has 0 amide bonds. The van der Waals surface area contributed by atoms with Crippen molar-refractivity contribution in [2.45, 2.75) is 45.1 Å². The number of nitrogens with one attached hydrogen (secondary N) is 1. The van der Waals surface area contributed by atoms with Crippen LogP contribution in [0.5, 0.6) is 0 Å². The van der Waals surface area contributed by atoms with Crippen LogP contribution in [0.3, 0.4) is 0 Å². The van der Waals surface area contributed by atoms with E-state index in [0.717, 1.165) is 22.2 Å². The van der Waals surface area contributed by atoms with E-state index in [-0.39, 0.29) is 19.1 Å². The minimum atomic E-state index is -2.87. The first-order valence-corrected chi connectivity index (χ1v) is 10.5. The standard InChI is InChI=1S/C20H22F2N4O2S.H2/c1-5-29(28)14-6-7-16(12(4)8-14)24-20-23-10-13-9-15(17(21)22)19(27)26(11(2)3)18(13)25-20;/h6-11,17H,5H2,1-4H3,(H,23,24,25);1H. The molecule has 0 saturated heterocycles. The number of nitrogens with zero attached hydrogens (tertiary/aromatic N) is 3. The van der Waals surface area contributed by atoms with Crippen molar-refractivity contribution in [1.29, 1.82) is 0 Å². The Bertz CT molecular complexity index is 1150. The van der Waals surface area contributed by atoms with Crippen LogP contribution in [-0.4, -0.2) is 24.5 Å². The van der Waals surface area contributed by atoms with Crippen LogP contribution in [0.4, 0.5) is 20.4 Å². The molecule has 3 rings (SSSR count). The molecule has 0 aliphatic carbocycles. The molecule has 2 heterocycles. The van der Waals surface area contributed by atoms with Crippen LogP contribution in [0.1, 0.15) is 45.8 Å². The predicted molar refractivity (Wildman–Crippen MR) is 113 cm³/mol. The van der Waals surface area contributed by atoms with E-state index in [2.05, 4.69) is 15.3 Å². The first-order valence-electron chi connectivity index (χ1n) is 9.19. The van der Waals surface area contributed by atoms with Crippen molar-refractivity contribution in [3.05, 3.63) is 51.9 Å². The molecule has 6 nitrogen and oxygen atoms in total. The zero-order valence-corrected chi connectivity index (χ0v) is 17.4. The number of hydrogen-bond donors (Lipinski definition) is 1. The maximum absolute atomic E-state index is 13.2. The lowest BCUT2D eigenvalue weighted by molar-refractivity contribution is 0.149. The molecule has 1 atom stereocenters. The van der Waals surface area contributed by atoms with Crippen LogP contribution in [0.2, 0.25) is 0 Å². The summed E-state index contributed by atoms with van der Waals surface area (Å²) in [7, 11) is -1.05. The highest BCUT2D eigenvalue weighted by Gasteiger charge is 2.19. The van der Waals surface area contributed by atoms with Gasteiger partial charge in [0.05, 0.1) is 16.4 Å². The number of hydrogen-bond acceptors (Lipinski definition) is 5. The first kappa shape index (κ1) is 21.0. The van der Waals surface area contributed by atoms with Crippen LogP contribution in [-0.2, 0) is 10.8 Å². The topological polar surface area (TPSA) is 76.9 Å². The maximum atomic E-state index is 13.2. The van der Waals surface area contributed by atoms with Crippen LogP contribution in [0, 0.1) is 6.92 Å². The molecule has 29 heavy (non-hydrogen) atoms. The van der Waals surface area contributed by atoms with Crippen molar-refractivity contribution >= 4 is 33.5 Å². The van der Waals surface area contributed by atoms with E-state index in [0.29, 0.717) is 11.1 Å². The molecule has 1 aromatic carbocycles. The molecule has 3 aromatic rings. The van der Waals surface area contributed by atoms with Crippen molar-refractivity contribution < 1.29 is 14.4 Å². The molecule has 2 aromatic heterocycles. The summed E-state index contributed by atoms with van der Waals surface area (Å²) in [5.74, 6) is 0.774. The summed E-state index contributed by atoms with van der Waals surface area (Å²) in [6.07, 6.45) is -1.45. The highest BCUT2D eigenvalue weighted by Crippen LogP contribution is 2.25. The third-order valence-electron chi connectivity index (χ3n) is 4.52. The van der Waals surface area contributed by atoms with Gasteiger partial charge in [-0.15, -0.1) is 0 Å². The molecular weight excluding hydrogens is 398 g/mol. The lowest BCUT2D eigenvalue weighted by Crippen LogP contribution is -2.26. The van der Waals surface area contributed by atoms with Crippen molar-refractivity contribution in [3.63, 3.8) is 0 Å². The summed E-state index contributed by atoms with van der Waals surface area (Å²) in [6, 6.07) is 6.19. The molecule has 0 radical (unpaired) electrons. The Morgan fingerprint density at radius 3 is 2.59 bits per heavy atom. The van der Waals surface area contributed by atoms with Gasteiger partial charge in [-0.3, -0.25) is 13.6 Å². The van der Waals surface area contributed by atoms with Crippen molar-refractivity contribution in [2.75, 3.05) is 11.1 Å². The number of benzene rings is 1. The van der Waals surface area contributed by atoms with Crippen LogP contribution in [0.15, 0.2) is 40.2 Å². The molecule has 0 spiro atoms. The number of rotatable bonds is 6. The normalized spacial score (nSPS) is 12.7. The lowest BCUT2D eigenvalue weighted by atomic mass is 10.2. The molecule has 156 valence electrons. The largest absolute Gasteiger partial charge is 0.324 e. The fourth-order valence-corrected chi connectivity index (χ4v) is 3.90. The number of fused-ring (bicyclic) bond motifs is 1. The van der Waals surface area contributed by atoms with Gasteiger partial charge in [0.15, 0.2) is 0 Å². The summed E-state index contributed by atoms with van der Waals surface area (Å²) < 4.78 is 39.7. The number of aromatic nitrogens is 3. The van der Waals surface area contributed by atoms with Gasteiger partial charge in [0.25, 0.3) is 12.0 Å². The fraction of sp³-hybridized carbons (Fsp3) is 0.350. The van der Waals surface area contributed by atoms with Gasteiger partial charge in [0.2, 0.25) is 5.95 Å². The molecule has 1 unspecified atom stereocenters. The molecule has 0 saturated carbocycles. The third kappa shape index (κ3) is 4.19. The van der Waals surface area contributed by atoms with Crippen LogP contribution in [0.25, 0.3) is 11.0 Å². The van der Waals surface area contributed by atoms with E-state index >= 15 is 0 Å². The van der Waals surface area contributed by atoms with E-state index in [4.69, 9.17) is 0 Å². The zero-order chi connectivity index (χ0) is 21.3. The highest BCUT2D eigenvalue weighted by molar-refractivity contribution is 7.85. The van der Waals surface area contributed by atoms with E-state index in [1.807, 2.05) is 19.9 Å². The monoisotopic (exact) mass is 422 g/mol. The summed E-state index contributed by atoms with van der Waals surface area (Å²) in [5, 5.41) is 3.45. The number of anilines is 2. The number of alkyl halides is 2. The summed E-state index contributed by atoms with van der Waals surface area (Å²) in [4.78, 5) is 21.8. The van der Waals surface area contributed by atoms with Gasteiger partial charge in [-0.2, -0.15) is 4.98 Å². The van der Waals surface area contributed by atoms with Gasteiger partial charge in [-0.05, 0) is 50.6 Å². The first-order chi connectivity index (χ1) is 13.7. The predicted octanol–water partition coefficient (Wildman–Crippen LogP) is 4.74. The Morgan fingerprint density at radius 1 is 1.28 bits per heavy atom. The Morgan fingerprint density at radius 2 is 2.00 bits per heavy atom. The Kier molecular flexibility index (Phi) is 6.07. The second-order valence-electron chi connectivity index (χ2n) is 6.88. The number of halogens is 2. The molecule has 0 aliphatic heterocycles. The molecular formula is C20H24F2N4O2S.